The summed E-state index contributed by atoms with van der Waals surface area (Å²) in [5.41, 5.74) is -0.860. The molecule has 3 aromatic rings. The number of hydrogen-bond acceptors (Lipinski definition) is 7. The fraction of sp³-hybridized carbons (Fsp3) is 0.364. The van der Waals surface area contributed by atoms with E-state index in [0.717, 1.165) is 15.4 Å². The maximum Gasteiger partial charge on any atom is 0.328 e. The SMILES string of the molecule is CC(C)(C)OC(=O)CN(C1(C(=O)OC(C)(C)C)CC1c1ccc(C#N)cc1)S(=O)(=O)c1ccc(-c2ccc(Cl)cc2)cc1. The zero-order chi connectivity index (χ0) is 31.8. The second kappa shape index (κ2) is 11.8. The van der Waals surface area contributed by atoms with E-state index in [1.54, 1.807) is 90.1 Å². The molecule has 0 amide bonds. The number of rotatable bonds is 8. The molecule has 0 saturated heterocycles. The van der Waals surface area contributed by atoms with Crippen molar-refractivity contribution in [3.05, 3.63) is 88.9 Å². The first kappa shape index (κ1) is 32.2. The minimum absolute atomic E-state index is 0.0820. The number of benzene rings is 3. The molecular formula is C33H35ClN2O6S. The minimum atomic E-state index is -4.45. The van der Waals surface area contributed by atoms with E-state index in [4.69, 9.17) is 21.1 Å². The highest BCUT2D eigenvalue weighted by Crippen LogP contribution is 2.58. The van der Waals surface area contributed by atoms with E-state index >= 15 is 0 Å². The highest BCUT2D eigenvalue weighted by atomic mass is 35.5. The molecule has 0 N–H and O–H groups in total. The van der Waals surface area contributed by atoms with Crippen LogP contribution in [0.2, 0.25) is 5.02 Å². The summed E-state index contributed by atoms with van der Waals surface area (Å²) in [5.74, 6) is -2.19. The lowest BCUT2D eigenvalue weighted by atomic mass is 10.0. The monoisotopic (exact) mass is 622 g/mol. The van der Waals surface area contributed by atoms with Crippen molar-refractivity contribution in [1.29, 1.82) is 5.26 Å². The number of hydrogen-bond donors (Lipinski definition) is 0. The Labute approximate surface area is 258 Å². The van der Waals surface area contributed by atoms with Crippen molar-refractivity contribution < 1.29 is 27.5 Å². The topological polar surface area (TPSA) is 114 Å². The van der Waals surface area contributed by atoms with Gasteiger partial charge in [0, 0.05) is 10.9 Å². The maximum atomic E-state index is 14.4. The molecule has 0 bridgehead atoms. The number of carbonyl (C=O) groups excluding carboxylic acids is 2. The molecule has 8 nitrogen and oxygen atoms in total. The number of nitriles is 1. The molecule has 0 aromatic heterocycles. The molecule has 226 valence electrons. The van der Waals surface area contributed by atoms with E-state index in [-0.39, 0.29) is 11.3 Å². The van der Waals surface area contributed by atoms with Crippen molar-refractivity contribution >= 4 is 33.6 Å². The predicted octanol–water partition coefficient (Wildman–Crippen LogP) is 6.48. The maximum absolute atomic E-state index is 14.4. The van der Waals surface area contributed by atoms with E-state index in [9.17, 15) is 23.3 Å². The summed E-state index contributed by atoms with van der Waals surface area (Å²) < 4.78 is 41.1. The van der Waals surface area contributed by atoms with Crippen LogP contribution in [0.3, 0.4) is 0 Å². The molecule has 1 saturated carbocycles. The molecule has 0 spiro atoms. The average Bonchev–Trinajstić information content (AvgIpc) is 3.67. The van der Waals surface area contributed by atoms with Crippen LogP contribution < -0.4 is 0 Å². The Hall–Kier alpha value is -3.71. The van der Waals surface area contributed by atoms with Gasteiger partial charge in [0.1, 0.15) is 23.3 Å². The van der Waals surface area contributed by atoms with E-state index < -0.39 is 51.2 Å². The molecule has 1 fully saturated rings. The van der Waals surface area contributed by atoms with Crippen molar-refractivity contribution in [1.82, 2.24) is 4.31 Å². The fourth-order valence-electron chi connectivity index (χ4n) is 4.93. The number of ether oxygens (including phenoxy) is 2. The minimum Gasteiger partial charge on any atom is -0.459 e. The quantitative estimate of drug-likeness (QED) is 0.264. The Morgan fingerprint density at radius 2 is 1.40 bits per heavy atom. The highest BCUT2D eigenvalue weighted by Gasteiger charge is 2.69. The van der Waals surface area contributed by atoms with Crippen molar-refractivity contribution in [3.8, 4) is 17.2 Å². The van der Waals surface area contributed by atoms with Gasteiger partial charge in [-0.05, 0) is 101 Å². The van der Waals surface area contributed by atoms with Gasteiger partial charge in [0.25, 0.3) is 0 Å². The van der Waals surface area contributed by atoms with Crippen LogP contribution in [0, 0.1) is 11.3 Å². The van der Waals surface area contributed by atoms with Crippen LogP contribution in [-0.4, -0.2) is 47.9 Å². The van der Waals surface area contributed by atoms with Gasteiger partial charge in [-0.2, -0.15) is 9.57 Å². The number of halogens is 1. The van der Waals surface area contributed by atoms with Gasteiger partial charge >= 0.3 is 11.9 Å². The molecule has 1 aliphatic rings. The fourth-order valence-corrected chi connectivity index (χ4v) is 6.77. The Morgan fingerprint density at radius 1 is 0.884 bits per heavy atom. The van der Waals surface area contributed by atoms with Crippen LogP contribution in [0.1, 0.15) is 65.0 Å². The van der Waals surface area contributed by atoms with Crippen LogP contribution in [0.4, 0.5) is 0 Å². The lowest BCUT2D eigenvalue weighted by Crippen LogP contribution is -2.53. The summed E-state index contributed by atoms with van der Waals surface area (Å²) in [6.07, 6.45) is 0.0820. The number of sulfonamides is 1. The number of nitrogens with zero attached hydrogens (tertiary/aromatic N) is 2. The van der Waals surface area contributed by atoms with Crippen molar-refractivity contribution in [2.24, 2.45) is 0 Å². The summed E-state index contributed by atoms with van der Waals surface area (Å²) >= 11 is 6.01. The third kappa shape index (κ3) is 7.27. The Morgan fingerprint density at radius 3 is 1.88 bits per heavy atom. The van der Waals surface area contributed by atoms with E-state index in [1.807, 2.05) is 12.1 Å². The summed E-state index contributed by atoms with van der Waals surface area (Å²) in [5, 5.41) is 9.83. The molecule has 43 heavy (non-hydrogen) atoms. The smallest absolute Gasteiger partial charge is 0.328 e. The third-order valence-electron chi connectivity index (χ3n) is 6.88. The lowest BCUT2D eigenvalue weighted by Gasteiger charge is -2.33. The Bertz CT molecular complexity index is 1650. The van der Waals surface area contributed by atoms with E-state index in [2.05, 4.69) is 6.07 Å². The van der Waals surface area contributed by atoms with Crippen LogP contribution in [0.15, 0.2) is 77.7 Å². The van der Waals surface area contributed by atoms with Gasteiger partial charge in [0.05, 0.1) is 16.5 Å². The molecule has 1 aliphatic carbocycles. The number of esters is 2. The van der Waals surface area contributed by atoms with Gasteiger partial charge in [-0.15, -0.1) is 0 Å². The molecule has 10 heteroatoms. The molecular weight excluding hydrogens is 588 g/mol. The number of carbonyl (C=O) groups is 2. The first-order chi connectivity index (χ1) is 20.0. The molecule has 0 heterocycles. The van der Waals surface area contributed by atoms with Gasteiger partial charge in [-0.1, -0.05) is 48.0 Å². The highest BCUT2D eigenvalue weighted by molar-refractivity contribution is 7.89. The molecule has 4 rings (SSSR count). The molecule has 2 unspecified atom stereocenters. The van der Waals surface area contributed by atoms with Gasteiger partial charge in [-0.25, -0.2) is 13.2 Å². The van der Waals surface area contributed by atoms with E-state index in [0.29, 0.717) is 16.1 Å². The summed E-state index contributed by atoms with van der Waals surface area (Å²) in [6.45, 7) is 9.42. The first-order valence-electron chi connectivity index (χ1n) is 13.8. The normalized spacial score (nSPS) is 18.5. The van der Waals surface area contributed by atoms with Crippen molar-refractivity contribution in [2.45, 2.75) is 75.5 Å². The van der Waals surface area contributed by atoms with Gasteiger partial charge in [0.15, 0.2) is 0 Å². The van der Waals surface area contributed by atoms with Crippen molar-refractivity contribution in [3.63, 3.8) is 0 Å². The zero-order valence-electron chi connectivity index (χ0n) is 25.0. The van der Waals surface area contributed by atoms with Crippen LogP contribution >= 0.6 is 11.6 Å². The van der Waals surface area contributed by atoms with Gasteiger partial charge < -0.3 is 9.47 Å². The second-order valence-corrected chi connectivity index (χ2v) is 14.8. The van der Waals surface area contributed by atoms with Crippen LogP contribution in [0.5, 0.6) is 0 Å². The molecule has 0 aliphatic heterocycles. The third-order valence-corrected chi connectivity index (χ3v) is 9.04. The Kier molecular flexibility index (Phi) is 8.81. The Balaban J connectivity index is 1.82. The van der Waals surface area contributed by atoms with Crippen molar-refractivity contribution in [2.75, 3.05) is 6.54 Å². The lowest BCUT2D eigenvalue weighted by molar-refractivity contribution is -0.163. The van der Waals surface area contributed by atoms with Gasteiger partial charge in [0.2, 0.25) is 10.0 Å². The second-order valence-electron chi connectivity index (χ2n) is 12.5. The summed E-state index contributed by atoms with van der Waals surface area (Å²) in [7, 11) is -4.45. The first-order valence-corrected chi connectivity index (χ1v) is 15.6. The summed E-state index contributed by atoms with van der Waals surface area (Å²) in [6, 6.07) is 22.0. The summed E-state index contributed by atoms with van der Waals surface area (Å²) in [4.78, 5) is 27.1. The standard InChI is InChI=1S/C33H35ClN2O6S/c1-31(2,3)41-29(37)21-36(43(39,40)27-17-13-24(14-18-27)23-11-15-26(34)16-12-23)33(30(38)42-32(4,5)6)19-28(33)25-9-7-22(20-35)8-10-25/h7-18,28H,19,21H2,1-6H3. The molecule has 0 radical (unpaired) electrons. The predicted molar refractivity (Wildman–Crippen MR) is 164 cm³/mol. The van der Waals surface area contributed by atoms with Gasteiger partial charge in [-0.3, -0.25) is 4.79 Å². The zero-order valence-corrected chi connectivity index (χ0v) is 26.6. The van der Waals surface area contributed by atoms with Crippen LogP contribution in [-0.2, 0) is 29.1 Å². The molecule has 2 atom stereocenters. The largest absolute Gasteiger partial charge is 0.459 e. The average molecular weight is 623 g/mol. The molecule has 3 aromatic carbocycles. The van der Waals surface area contributed by atoms with E-state index in [1.165, 1.54) is 12.1 Å². The van der Waals surface area contributed by atoms with Crippen LogP contribution in [0.25, 0.3) is 11.1 Å².